The number of nitrogen functional groups attached to an aromatic ring is 1. The fourth-order valence-corrected chi connectivity index (χ4v) is 2.37. The number of benzene rings is 1. The van der Waals surface area contributed by atoms with Crippen molar-refractivity contribution < 1.29 is 4.74 Å². The highest BCUT2D eigenvalue weighted by Gasteiger charge is 2.09. The number of halogens is 1. The average Bonchev–Trinajstić information content (AvgIpc) is 2.49. The summed E-state index contributed by atoms with van der Waals surface area (Å²) in [7, 11) is 0. The molecule has 3 aromatic rings. The molecule has 0 aliphatic heterocycles. The summed E-state index contributed by atoms with van der Waals surface area (Å²) in [4.78, 5) is 22.7. The summed E-state index contributed by atoms with van der Waals surface area (Å²) < 4.78 is 5.40. The zero-order valence-corrected chi connectivity index (χ0v) is 12.5. The van der Waals surface area contributed by atoms with Crippen molar-refractivity contribution in [3.63, 3.8) is 0 Å². The fourth-order valence-electron chi connectivity index (χ4n) is 2.14. The van der Waals surface area contributed by atoms with Crippen molar-refractivity contribution in [2.75, 3.05) is 12.3 Å². The van der Waals surface area contributed by atoms with Gasteiger partial charge in [0.2, 0.25) is 5.95 Å². The van der Waals surface area contributed by atoms with Gasteiger partial charge in [0.05, 0.1) is 22.8 Å². The monoisotopic (exact) mass is 316 g/mol. The number of nitrogens with zero attached hydrogens (tertiary/aromatic N) is 2. The molecule has 0 unspecified atom stereocenters. The van der Waals surface area contributed by atoms with E-state index in [0.29, 0.717) is 28.6 Å². The van der Waals surface area contributed by atoms with E-state index in [2.05, 4.69) is 15.0 Å². The van der Waals surface area contributed by atoms with Gasteiger partial charge in [-0.05, 0) is 37.3 Å². The number of aromatic amines is 1. The molecule has 112 valence electrons. The lowest BCUT2D eigenvalue weighted by Crippen LogP contribution is -2.12. The van der Waals surface area contributed by atoms with E-state index in [-0.39, 0.29) is 17.0 Å². The molecule has 0 saturated heterocycles. The highest BCUT2D eigenvalue weighted by atomic mass is 35.5. The first-order valence-electron chi connectivity index (χ1n) is 6.67. The maximum atomic E-state index is 11.9. The number of pyridine rings is 1. The number of hydrogen-bond acceptors (Lipinski definition) is 5. The number of H-pyrrole nitrogens is 1. The predicted octanol–water partition coefficient (Wildman–Crippen LogP) is 2.62. The van der Waals surface area contributed by atoms with E-state index in [1.54, 1.807) is 24.3 Å². The Hall–Kier alpha value is -2.60. The van der Waals surface area contributed by atoms with Crippen LogP contribution in [0, 0.1) is 0 Å². The van der Waals surface area contributed by atoms with Crippen molar-refractivity contribution in [3.8, 4) is 17.0 Å². The zero-order chi connectivity index (χ0) is 15.7. The largest absolute Gasteiger partial charge is 0.492 e. The number of fused-ring (bicyclic) bond motifs is 1. The van der Waals surface area contributed by atoms with Crippen LogP contribution in [0.5, 0.6) is 5.75 Å². The third-order valence-electron chi connectivity index (χ3n) is 3.10. The minimum Gasteiger partial charge on any atom is -0.492 e. The molecule has 0 atom stereocenters. The number of aromatic nitrogens is 3. The average molecular weight is 317 g/mol. The molecule has 1 aromatic carbocycles. The van der Waals surface area contributed by atoms with Gasteiger partial charge in [-0.2, -0.15) is 0 Å². The zero-order valence-electron chi connectivity index (χ0n) is 11.8. The Morgan fingerprint density at radius 2 is 2.09 bits per heavy atom. The second-order valence-corrected chi connectivity index (χ2v) is 5.00. The summed E-state index contributed by atoms with van der Waals surface area (Å²) in [5.41, 5.74) is 7.22. The van der Waals surface area contributed by atoms with Gasteiger partial charge in [-0.15, -0.1) is 0 Å². The van der Waals surface area contributed by atoms with Crippen molar-refractivity contribution in [1.29, 1.82) is 0 Å². The molecule has 22 heavy (non-hydrogen) atoms. The third kappa shape index (κ3) is 2.60. The Morgan fingerprint density at radius 1 is 1.27 bits per heavy atom. The number of ether oxygens (including phenoxy) is 1. The van der Waals surface area contributed by atoms with E-state index in [0.717, 1.165) is 5.56 Å². The predicted molar refractivity (Wildman–Crippen MR) is 86.2 cm³/mol. The third-order valence-corrected chi connectivity index (χ3v) is 3.39. The highest BCUT2D eigenvalue weighted by Crippen LogP contribution is 2.30. The van der Waals surface area contributed by atoms with Crippen LogP contribution in [0.3, 0.4) is 0 Å². The second-order valence-electron chi connectivity index (χ2n) is 4.59. The molecule has 0 fully saturated rings. The molecule has 0 saturated carbocycles. The van der Waals surface area contributed by atoms with Gasteiger partial charge in [0.1, 0.15) is 5.75 Å². The smallest absolute Gasteiger partial charge is 0.278 e. The maximum absolute atomic E-state index is 11.9. The lowest BCUT2D eigenvalue weighted by Gasteiger charge is -2.08. The number of nitrogens with one attached hydrogen (secondary N) is 1. The lowest BCUT2D eigenvalue weighted by molar-refractivity contribution is 0.340. The first kappa shape index (κ1) is 14.3. The van der Waals surface area contributed by atoms with Crippen molar-refractivity contribution in [2.45, 2.75) is 6.92 Å². The Labute approximate surface area is 130 Å². The van der Waals surface area contributed by atoms with E-state index >= 15 is 0 Å². The SMILES string of the molecule is CCOc1ccc(-c2ccc3nc(N)[nH]c(=O)c3n2)cc1Cl. The van der Waals surface area contributed by atoms with Gasteiger partial charge < -0.3 is 10.5 Å². The topological polar surface area (TPSA) is 93.9 Å². The van der Waals surface area contributed by atoms with Crippen molar-refractivity contribution >= 4 is 28.6 Å². The first-order valence-corrected chi connectivity index (χ1v) is 7.05. The molecule has 3 rings (SSSR count). The lowest BCUT2D eigenvalue weighted by atomic mass is 10.1. The van der Waals surface area contributed by atoms with Gasteiger partial charge in [0.15, 0.2) is 5.52 Å². The van der Waals surface area contributed by atoms with E-state index in [1.807, 2.05) is 13.0 Å². The molecule has 7 heteroatoms. The minimum absolute atomic E-state index is 0.0659. The fraction of sp³-hybridized carbons (Fsp3) is 0.133. The van der Waals surface area contributed by atoms with Crippen LogP contribution in [0.15, 0.2) is 35.1 Å². The van der Waals surface area contributed by atoms with Crippen LogP contribution in [0.25, 0.3) is 22.3 Å². The molecule has 0 bridgehead atoms. The van der Waals surface area contributed by atoms with Crippen LogP contribution in [-0.2, 0) is 0 Å². The normalized spacial score (nSPS) is 10.8. The maximum Gasteiger partial charge on any atom is 0.278 e. The molecule has 0 aliphatic carbocycles. The summed E-state index contributed by atoms with van der Waals surface area (Å²) >= 11 is 6.18. The van der Waals surface area contributed by atoms with Crippen LogP contribution in [0.1, 0.15) is 6.92 Å². The van der Waals surface area contributed by atoms with E-state index in [1.165, 1.54) is 0 Å². The van der Waals surface area contributed by atoms with Gasteiger partial charge in [-0.1, -0.05) is 11.6 Å². The van der Waals surface area contributed by atoms with E-state index in [9.17, 15) is 4.79 Å². The van der Waals surface area contributed by atoms with Gasteiger partial charge in [-0.3, -0.25) is 9.78 Å². The molecule has 0 spiro atoms. The van der Waals surface area contributed by atoms with Gasteiger partial charge in [-0.25, -0.2) is 9.97 Å². The summed E-state index contributed by atoms with van der Waals surface area (Å²) in [6.45, 7) is 2.43. The molecule has 6 nitrogen and oxygen atoms in total. The first-order chi connectivity index (χ1) is 10.6. The molecule has 2 heterocycles. The van der Waals surface area contributed by atoms with Crippen LogP contribution in [0.2, 0.25) is 5.02 Å². The van der Waals surface area contributed by atoms with Gasteiger partial charge >= 0.3 is 0 Å². The number of rotatable bonds is 3. The van der Waals surface area contributed by atoms with Crippen molar-refractivity contribution in [2.24, 2.45) is 0 Å². The Morgan fingerprint density at radius 3 is 2.82 bits per heavy atom. The van der Waals surface area contributed by atoms with E-state index < -0.39 is 0 Å². The summed E-state index contributed by atoms with van der Waals surface area (Å²) in [6, 6.07) is 8.83. The standard InChI is InChI=1S/C15H13ClN4O2/c1-2-22-12-6-3-8(7-9(12)16)10-4-5-11-13(18-10)14(21)20-15(17)19-11/h3-7H,2H2,1H3,(H3,17,19,20,21). The molecule has 0 radical (unpaired) electrons. The highest BCUT2D eigenvalue weighted by molar-refractivity contribution is 6.32. The van der Waals surface area contributed by atoms with E-state index in [4.69, 9.17) is 22.1 Å². The Bertz CT molecular complexity index is 908. The Kier molecular flexibility index (Phi) is 3.68. The molecular weight excluding hydrogens is 304 g/mol. The summed E-state index contributed by atoms with van der Waals surface area (Å²) in [6.07, 6.45) is 0. The van der Waals surface area contributed by atoms with Crippen LogP contribution >= 0.6 is 11.6 Å². The van der Waals surface area contributed by atoms with Crippen molar-refractivity contribution in [3.05, 3.63) is 45.7 Å². The number of anilines is 1. The molecule has 0 aliphatic rings. The molecule has 2 aromatic heterocycles. The molecular formula is C15H13ClN4O2. The quantitative estimate of drug-likeness (QED) is 0.774. The summed E-state index contributed by atoms with van der Waals surface area (Å²) in [5, 5.41) is 0.491. The molecule has 3 N–H and O–H groups in total. The number of nitrogens with two attached hydrogens (primary N) is 1. The van der Waals surface area contributed by atoms with Crippen LogP contribution in [-0.4, -0.2) is 21.6 Å². The Balaban J connectivity index is 2.10. The second kappa shape index (κ2) is 5.65. The van der Waals surface area contributed by atoms with Crippen LogP contribution in [0.4, 0.5) is 5.95 Å². The van der Waals surface area contributed by atoms with Crippen molar-refractivity contribution in [1.82, 2.24) is 15.0 Å². The minimum atomic E-state index is -0.374. The van der Waals surface area contributed by atoms with Gasteiger partial charge in [0.25, 0.3) is 5.56 Å². The molecule has 0 amide bonds. The number of hydrogen-bond donors (Lipinski definition) is 2. The van der Waals surface area contributed by atoms with Crippen LogP contribution < -0.4 is 16.0 Å². The van der Waals surface area contributed by atoms with Gasteiger partial charge in [0, 0.05) is 5.56 Å². The summed E-state index contributed by atoms with van der Waals surface area (Å²) in [5.74, 6) is 0.678.